The highest BCUT2D eigenvalue weighted by molar-refractivity contribution is 7.16. The van der Waals surface area contributed by atoms with Crippen molar-refractivity contribution >= 4 is 27.7 Å². The van der Waals surface area contributed by atoms with E-state index in [1.165, 1.54) is 43.0 Å². The molecule has 18 heavy (non-hydrogen) atoms. The van der Waals surface area contributed by atoms with Gasteiger partial charge in [0.2, 0.25) is 0 Å². The fraction of sp³-hybridized carbons (Fsp3) is 0.600. The summed E-state index contributed by atoms with van der Waals surface area (Å²) in [4.78, 5) is 0. The van der Waals surface area contributed by atoms with Crippen LogP contribution >= 0.6 is 27.7 Å². The normalized spacial score (nSPS) is 24.2. The topological polar surface area (TPSA) is 0 Å². The molecule has 0 amide bonds. The lowest BCUT2D eigenvalue weighted by Gasteiger charge is -2.28. The lowest BCUT2D eigenvalue weighted by Crippen LogP contribution is -2.14. The van der Waals surface area contributed by atoms with Gasteiger partial charge in [-0.15, -0.1) is 27.7 Å². The first-order valence-corrected chi connectivity index (χ1v) is 9.44. The van der Waals surface area contributed by atoms with E-state index in [0.29, 0.717) is 0 Å². The summed E-state index contributed by atoms with van der Waals surface area (Å²) in [6, 6.07) is 7.21. The van der Waals surface area contributed by atoms with Gasteiger partial charge >= 0.3 is 0 Å². The van der Waals surface area contributed by atoms with Crippen molar-refractivity contribution in [2.75, 3.05) is 6.16 Å². The molecule has 100 valence electrons. The van der Waals surface area contributed by atoms with E-state index in [4.69, 9.17) is 0 Å². The minimum Gasteiger partial charge on any atom is -0.137 e. The van der Waals surface area contributed by atoms with Crippen LogP contribution in [0.1, 0.15) is 48.3 Å². The summed E-state index contributed by atoms with van der Waals surface area (Å²) < 4.78 is 0. The zero-order chi connectivity index (χ0) is 13.0. The molecule has 0 nitrogen and oxygen atoms in total. The smallest absolute Gasteiger partial charge is 0.0128 e. The molecule has 1 aliphatic rings. The molecule has 3 atom stereocenters. The van der Waals surface area contributed by atoms with Crippen molar-refractivity contribution in [3.05, 3.63) is 34.9 Å². The van der Waals surface area contributed by atoms with Gasteiger partial charge in [0.15, 0.2) is 0 Å². The SMILES string of the molecule is PCc1cc(CP)cc(C2CCC(CP)CC2)c1. The van der Waals surface area contributed by atoms with Crippen molar-refractivity contribution in [3.8, 4) is 0 Å². The highest BCUT2D eigenvalue weighted by Gasteiger charge is 2.21. The second-order valence-electron chi connectivity index (χ2n) is 5.44. The standard InChI is InChI=1S/C15H25P3/c16-8-11-1-3-14(4-2-11)15-6-12(9-17)5-13(7-15)10-18/h5-7,11,14H,1-4,8-10,16-18H2. The van der Waals surface area contributed by atoms with Gasteiger partial charge in [-0.3, -0.25) is 0 Å². The minimum atomic E-state index is 0.810. The zero-order valence-electron chi connectivity index (χ0n) is 11.1. The van der Waals surface area contributed by atoms with Crippen LogP contribution in [0, 0.1) is 5.92 Å². The number of hydrogen-bond acceptors (Lipinski definition) is 0. The van der Waals surface area contributed by atoms with Gasteiger partial charge in [-0.25, -0.2) is 0 Å². The zero-order valence-corrected chi connectivity index (χ0v) is 14.5. The molecule has 0 N–H and O–H groups in total. The van der Waals surface area contributed by atoms with Crippen molar-refractivity contribution in [3.63, 3.8) is 0 Å². The van der Waals surface area contributed by atoms with Crippen LogP contribution in [0.3, 0.4) is 0 Å². The quantitative estimate of drug-likeness (QED) is 0.713. The molecule has 1 aromatic carbocycles. The molecule has 0 spiro atoms. The highest BCUT2D eigenvalue weighted by atomic mass is 31.0. The predicted molar refractivity (Wildman–Crippen MR) is 92.5 cm³/mol. The van der Waals surface area contributed by atoms with Crippen LogP contribution in [-0.4, -0.2) is 6.16 Å². The van der Waals surface area contributed by atoms with Crippen molar-refractivity contribution in [1.29, 1.82) is 0 Å². The summed E-state index contributed by atoms with van der Waals surface area (Å²) >= 11 is 0. The molecule has 0 radical (unpaired) electrons. The Hall–Kier alpha value is 0.510. The monoisotopic (exact) mass is 298 g/mol. The van der Waals surface area contributed by atoms with Crippen molar-refractivity contribution in [1.82, 2.24) is 0 Å². The summed E-state index contributed by atoms with van der Waals surface area (Å²) in [5.74, 6) is 1.77. The molecule has 1 fully saturated rings. The molecule has 3 unspecified atom stereocenters. The van der Waals surface area contributed by atoms with Crippen molar-refractivity contribution < 1.29 is 0 Å². The van der Waals surface area contributed by atoms with Crippen LogP contribution < -0.4 is 0 Å². The fourth-order valence-electron chi connectivity index (χ4n) is 2.99. The molecule has 1 aliphatic carbocycles. The Bertz CT molecular complexity index is 359. The van der Waals surface area contributed by atoms with Gasteiger partial charge in [0.1, 0.15) is 0 Å². The molecule has 0 saturated heterocycles. The largest absolute Gasteiger partial charge is 0.137 e. The van der Waals surface area contributed by atoms with Gasteiger partial charge in [0, 0.05) is 0 Å². The molecule has 3 heteroatoms. The Morgan fingerprint density at radius 3 is 1.83 bits per heavy atom. The second-order valence-corrected chi connectivity index (χ2v) is 6.73. The van der Waals surface area contributed by atoms with Gasteiger partial charge in [0.05, 0.1) is 0 Å². The molecule has 0 aromatic heterocycles. The Balaban J connectivity index is 2.13. The fourth-order valence-corrected chi connectivity index (χ4v) is 3.94. The third-order valence-electron chi connectivity index (χ3n) is 4.20. The highest BCUT2D eigenvalue weighted by Crippen LogP contribution is 2.37. The van der Waals surface area contributed by atoms with E-state index in [-0.39, 0.29) is 0 Å². The van der Waals surface area contributed by atoms with Crippen LogP contribution in [0.4, 0.5) is 0 Å². The van der Waals surface area contributed by atoms with E-state index >= 15 is 0 Å². The lowest BCUT2D eigenvalue weighted by atomic mass is 9.79. The number of benzene rings is 1. The summed E-state index contributed by atoms with van der Waals surface area (Å²) in [5.41, 5.74) is 4.54. The molecular formula is C15H25P3. The van der Waals surface area contributed by atoms with Gasteiger partial charge in [0.25, 0.3) is 0 Å². The van der Waals surface area contributed by atoms with E-state index in [9.17, 15) is 0 Å². The van der Waals surface area contributed by atoms with Gasteiger partial charge in [-0.1, -0.05) is 18.2 Å². The third-order valence-corrected chi connectivity index (χ3v) is 5.81. The Morgan fingerprint density at radius 2 is 1.39 bits per heavy atom. The minimum absolute atomic E-state index is 0.810. The van der Waals surface area contributed by atoms with Gasteiger partial charge < -0.3 is 0 Å². The second kappa shape index (κ2) is 7.33. The van der Waals surface area contributed by atoms with Gasteiger partial charge in [-0.05, 0) is 72.7 Å². The van der Waals surface area contributed by atoms with E-state index in [1.54, 1.807) is 5.56 Å². The maximum Gasteiger partial charge on any atom is -0.0128 e. The van der Waals surface area contributed by atoms with Crippen LogP contribution in [0.2, 0.25) is 0 Å². The van der Waals surface area contributed by atoms with Crippen molar-refractivity contribution in [2.24, 2.45) is 5.92 Å². The van der Waals surface area contributed by atoms with Crippen LogP contribution in [0.25, 0.3) is 0 Å². The summed E-state index contributed by atoms with van der Waals surface area (Å²) in [5, 5.41) is 0. The molecule has 0 heterocycles. The molecule has 0 bridgehead atoms. The molecule has 1 saturated carbocycles. The average molecular weight is 298 g/mol. The third kappa shape index (κ3) is 3.76. The number of hydrogen-bond donors (Lipinski definition) is 0. The van der Waals surface area contributed by atoms with E-state index in [0.717, 1.165) is 24.2 Å². The Morgan fingerprint density at radius 1 is 0.833 bits per heavy atom. The van der Waals surface area contributed by atoms with Gasteiger partial charge in [-0.2, -0.15) is 0 Å². The van der Waals surface area contributed by atoms with Crippen LogP contribution in [0.15, 0.2) is 18.2 Å². The molecular weight excluding hydrogens is 273 g/mol. The molecule has 2 rings (SSSR count). The summed E-state index contributed by atoms with van der Waals surface area (Å²) in [6.45, 7) is 0. The Labute approximate surface area is 119 Å². The average Bonchev–Trinajstić information content (AvgIpc) is 2.46. The summed E-state index contributed by atoms with van der Waals surface area (Å²) in [7, 11) is 8.62. The Kier molecular flexibility index (Phi) is 6.08. The van der Waals surface area contributed by atoms with Crippen molar-refractivity contribution in [2.45, 2.75) is 43.9 Å². The van der Waals surface area contributed by atoms with E-state index in [1.807, 2.05) is 0 Å². The molecule has 0 aliphatic heterocycles. The maximum atomic E-state index is 2.91. The first kappa shape index (κ1) is 14.9. The predicted octanol–water partition coefficient (Wildman–Crippen LogP) is 4.59. The van der Waals surface area contributed by atoms with Crippen LogP contribution in [0.5, 0.6) is 0 Å². The number of rotatable bonds is 4. The maximum absolute atomic E-state index is 2.91. The first-order valence-electron chi connectivity index (χ1n) is 6.99. The lowest BCUT2D eigenvalue weighted by molar-refractivity contribution is 0.352. The van der Waals surface area contributed by atoms with Crippen LogP contribution in [-0.2, 0) is 12.3 Å². The molecule has 1 aromatic rings. The first-order chi connectivity index (χ1) is 8.76. The summed E-state index contributed by atoms with van der Waals surface area (Å²) in [6.07, 6.45) is 9.03. The van der Waals surface area contributed by atoms with E-state index in [2.05, 4.69) is 45.9 Å². The van der Waals surface area contributed by atoms with E-state index < -0.39 is 0 Å².